The molecule has 0 radical (unpaired) electrons. The second kappa shape index (κ2) is 6.99. The maximum absolute atomic E-state index is 7.38. The van der Waals surface area contributed by atoms with Crippen LogP contribution in [0.3, 0.4) is 0 Å². The lowest BCUT2D eigenvalue weighted by atomic mass is 10.1. The van der Waals surface area contributed by atoms with Crippen LogP contribution in [0.2, 0.25) is 5.02 Å². The summed E-state index contributed by atoms with van der Waals surface area (Å²) in [7, 11) is 0. The van der Waals surface area contributed by atoms with Crippen molar-refractivity contribution >= 4 is 17.4 Å². The van der Waals surface area contributed by atoms with Crippen molar-refractivity contribution in [3.05, 3.63) is 58.6 Å². The monoisotopic (exact) mass is 304 g/mol. The van der Waals surface area contributed by atoms with Gasteiger partial charge >= 0.3 is 0 Å². The molecule has 4 nitrogen and oxygen atoms in total. The molecule has 0 unspecified atom stereocenters. The quantitative estimate of drug-likeness (QED) is 0.633. The number of rotatable bonds is 6. The van der Waals surface area contributed by atoms with Crippen molar-refractivity contribution in [1.29, 1.82) is 5.41 Å². The number of hydrogen-bond acceptors (Lipinski definition) is 3. The van der Waals surface area contributed by atoms with Crippen molar-refractivity contribution in [2.24, 2.45) is 5.73 Å². The number of halogens is 1. The smallest absolute Gasteiger partial charge is 0.161 e. The minimum absolute atomic E-state index is 0.00828. The molecule has 0 spiro atoms. The Morgan fingerprint density at radius 2 is 1.81 bits per heavy atom. The van der Waals surface area contributed by atoms with E-state index < -0.39 is 0 Å². The molecule has 21 heavy (non-hydrogen) atoms. The number of nitrogens with two attached hydrogens (primary N) is 1. The molecule has 0 aliphatic carbocycles. The van der Waals surface area contributed by atoms with E-state index in [1.807, 2.05) is 37.3 Å². The zero-order chi connectivity index (χ0) is 15.2. The lowest BCUT2D eigenvalue weighted by Crippen LogP contribution is -2.11. The van der Waals surface area contributed by atoms with Gasteiger partial charge in [-0.2, -0.15) is 0 Å². The maximum Gasteiger partial charge on any atom is 0.161 e. The summed E-state index contributed by atoms with van der Waals surface area (Å²) in [5.41, 5.74) is 6.85. The molecule has 0 aliphatic heterocycles. The van der Waals surface area contributed by atoms with Crippen molar-refractivity contribution in [2.75, 3.05) is 6.61 Å². The number of nitrogens with one attached hydrogen (secondary N) is 1. The van der Waals surface area contributed by atoms with E-state index in [-0.39, 0.29) is 5.84 Å². The molecule has 0 saturated carbocycles. The predicted octanol–water partition coefficient (Wildman–Crippen LogP) is 3.60. The van der Waals surface area contributed by atoms with Gasteiger partial charge in [-0.25, -0.2) is 0 Å². The van der Waals surface area contributed by atoms with Gasteiger partial charge in [0.15, 0.2) is 11.5 Å². The van der Waals surface area contributed by atoms with E-state index in [0.717, 1.165) is 5.56 Å². The highest BCUT2D eigenvalue weighted by Gasteiger charge is 2.07. The maximum atomic E-state index is 7.38. The highest BCUT2D eigenvalue weighted by molar-refractivity contribution is 6.31. The fourth-order valence-electron chi connectivity index (χ4n) is 1.83. The molecule has 0 aromatic heterocycles. The van der Waals surface area contributed by atoms with E-state index in [9.17, 15) is 0 Å². The Bertz CT molecular complexity index is 644. The molecule has 5 heteroatoms. The van der Waals surface area contributed by atoms with Gasteiger partial charge in [0.1, 0.15) is 12.4 Å². The molecule has 2 aromatic carbocycles. The first-order valence-corrected chi connectivity index (χ1v) is 6.97. The Kier molecular flexibility index (Phi) is 5.06. The lowest BCUT2D eigenvalue weighted by Gasteiger charge is -2.12. The number of amidine groups is 1. The highest BCUT2D eigenvalue weighted by Crippen LogP contribution is 2.28. The van der Waals surface area contributed by atoms with E-state index in [2.05, 4.69) is 0 Å². The van der Waals surface area contributed by atoms with Crippen LogP contribution < -0.4 is 15.2 Å². The van der Waals surface area contributed by atoms with Crippen LogP contribution in [-0.2, 0) is 6.61 Å². The number of ether oxygens (including phenoxy) is 2. The second-order valence-corrected chi connectivity index (χ2v) is 4.80. The molecule has 0 aliphatic rings. The molecule has 2 rings (SSSR count). The Labute approximate surface area is 129 Å². The van der Waals surface area contributed by atoms with Gasteiger partial charge < -0.3 is 15.2 Å². The average Bonchev–Trinajstić information content (AvgIpc) is 2.47. The van der Waals surface area contributed by atoms with Gasteiger partial charge in [-0.15, -0.1) is 0 Å². The fraction of sp³-hybridized carbons (Fsp3) is 0.188. The third kappa shape index (κ3) is 3.89. The first-order valence-electron chi connectivity index (χ1n) is 6.59. The Morgan fingerprint density at radius 1 is 1.14 bits per heavy atom. The number of nitrogen functional groups attached to an aromatic ring is 1. The molecular weight excluding hydrogens is 288 g/mol. The number of hydrogen-bond donors (Lipinski definition) is 2. The molecular formula is C16H17ClN2O2. The van der Waals surface area contributed by atoms with Crippen LogP contribution in [0.15, 0.2) is 42.5 Å². The Morgan fingerprint density at radius 3 is 2.38 bits per heavy atom. The molecule has 0 amide bonds. The standard InChI is InChI=1S/C16H17ClN2O2/c1-2-20-14-5-3-4-6-15(14)21-10-12-8-7-11(16(18)19)9-13(12)17/h3-9H,2,10H2,1H3,(H3,18,19). The summed E-state index contributed by atoms with van der Waals surface area (Å²) >= 11 is 6.18. The summed E-state index contributed by atoms with van der Waals surface area (Å²) in [6, 6.07) is 12.7. The SMILES string of the molecule is CCOc1ccccc1OCc1ccc(C(=N)N)cc1Cl. The summed E-state index contributed by atoms with van der Waals surface area (Å²) < 4.78 is 11.3. The fourth-order valence-corrected chi connectivity index (χ4v) is 2.07. The van der Waals surface area contributed by atoms with Crippen molar-refractivity contribution in [1.82, 2.24) is 0 Å². The topological polar surface area (TPSA) is 68.3 Å². The molecule has 2 aromatic rings. The molecule has 3 N–H and O–H groups in total. The summed E-state index contributed by atoms with van der Waals surface area (Å²) in [5.74, 6) is 1.37. The van der Waals surface area contributed by atoms with Crippen LogP contribution in [0.5, 0.6) is 11.5 Å². The molecule has 0 heterocycles. The zero-order valence-corrected chi connectivity index (χ0v) is 12.5. The largest absolute Gasteiger partial charge is 0.490 e. The van der Waals surface area contributed by atoms with E-state index >= 15 is 0 Å². The third-order valence-corrected chi connectivity index (χ3v) is 3.25. The molecule has 0 saturated heterocycles. The normalized spacial score (nSPS) is 10.2. The summed E-state index contributed by atoms with van der Waals surface area (Å²) in [5, 5.41) is 7.91. The van der Waals surface area contributed by atoms with E-state index in [1.165, 1.54) is 0 Å². The first-order chi connectivity index (χ1) is 10.1. The van der Waals surface area contributed by atoms with Gasteiger partial charge in [-0.1, -0.05) is 35.9 Å². The first kappa shape index (κ1) is 15.2. The Balaban J connectivity index is 2.11. The summed E-state index contributed by atoms with van der Waals surface area (Å²) in [6.45, 7) is 2.82. The molecule has 0 fully saturated rings. The number of benzene rings is 2. The van der Waals surface area contributed by atoms with Crippen LogP contribution in [-0.4, -0.2) is 12.4 Å². The Hall–Kier alpha value is -2.20. The van der Waals surface area contributed by atoms with Crippen molar-refractivity contribution in [3.63, 3.8) is 0 Å². The van der Waals surface area contributed by atoms with Crippen LogP contribution in [0.4, 0.5) is 0 Å². The minimum Gasteiger partial charge on any atom is -0.490 e. The van der Waals surface area contributed by atoms with Gasteiger partial charge in [0.05, 0.1) is 6.61 Å². The van der Waals surface area contributed by atoms with Gasteiger partial charge in [0.2, 0.25) is 0 Å². The summed E-state index contributed by atoms with van der Waals surface area (Å²) in [4.78, 5) is 0. The third-order valence-electron chi connectivity index (χ3n) is 2.90. The van der Waals surface area contributed by atoms with Gasteiger partial charge in [-0.3, -0.25) is 5.41 Å². The van der Waals surface area contributed by atoms with Crippen molar-refractivity contribution in [2.45, 2.75) is 13.5 Å². The van der Waals surface area contributed by atoms with Crippen LogP contribution in [0.1, 0.15) is 18.1 Å². The highest BCUT2D eigenvalue weighted by atomic mass is 35.5. The van der Waals surface area contributed by atoms with Gasteiger partial charge in [0, 0.05) is 16.1 Å². The molecule has 0 bridgehead atoms. The van der Waals surface area contributed by atoms with Crippen LogP contribution in [0.25, 0.3) is 0 Å². The van der Waals surface area contributed by atoms with Gasteiger partial charge in [0.25, 0.3) is 0 Å². The van der Waals surface area contributed by atoms with Crippen LogP contribution in [0, 0.1) is 5.41 Å². The lowest BCUT2D eigenvalue weighted by molar-refractivity contribution is 0.269. The van der Waals surface area contributed by atoms with Crippen molar-refractivity contribution in [3.8, 4) is 11.5 Å². The molecule has 0 atom stereocenters. The average molecular weight is 305 g/mol. The van der Waals surface area contributed by atoms with E-state index in [0.29, 0.717) is 35.3 Å². The van der Waals surface area contributed by atoms with Crippen molar-refractivity contribution < 1.29 is 9.47 Å². The number of para-hydroxylation sites is 2. The van der Waals surface area contributed by atoms with Gasteiger partial charge in [-0.05, 0) is 25.1 Å². The predicted molar refractivity (Wildman–Crippen MR) is 84.4 cm³/mol. The van der Waals surface area contributed by atoms with E-state index in [4.69, 9.17) is 32.2 Å². The van der Waals surface area contributed by atoms with Crippen LogP contribution >= 0.6 is 11.6 Å². The minimum atomic E-state index is -0.00828. The zero-order valence-electron chi connectivity index (χ0n) is 11.7. The second-order valence-electron chi connectivity index (χ2n) is 4.39. The molecule has 110 valence electrons. The van der Waals surface area contributed by atoms with E-state index in [1.54, 1.807) is 12.1 Å². The summed E-state index contributed by atoms with van der Waals surface area (Å²) in [6.07, 6.45) is 0.